The van der Waals surface area contributed by atoms with Gasteiger partial charge in [-0.25, -0.2) is 4.98 Å². The first kappa shape index (κ1) is 16.3. The minimum Gasteiger partial charge on any atom is -0.497 e. The lowest BCUT2D eigenvalue weighted by Crippen LogP contribution is -2.22. The van der Waals surface area contributed by atoms with E-state index in [4.69, 9.17) is 9.47 Å². The molecule has 2 rings (SSSR count). The fraction of sp³-hybridized carbons (Fsp3) is 0.389. The van der Waals surface area contributed by atoms with Gasteiger partial charge in [0.05, 0.1) is 7.11 Å². The smallest absolute Gasteiger partial charge is 0.213 e. The monoisotopic (exact) mass is 300 g/mol. The summed E-state index contributed by atoms with van der Waals surface area (Å²) in [6, 6.07) is 14.0. The molecular formula is C18H24N2O2. The van der Waals surface area contributed by atoms with Crippen molar-refractivity contribution in [2.75, 3.05) is 26.8 Å². The molecule has 1 aromatic heterocycles. The first-order chi connectivity index (χ1) is 10.9. The molecule has 0 spiro atoms. The lowest BCUT2D eigenvalue weighted by molar-refractivity contribution is 0.302. The maximum atomic E-state index is 5.52. The second-order valence-electron chi connectivity index (χ2n) is 5.08. The van der Waals surface area contributed by atoms with Crippen LogP contribution in [0.15, 0.2) is 48.7 Å². The van der Waals surface area contributed by atoms with Gasteiger partial charge < -0.3 is 14.8 Å². The van der Waals surface area contributed by atoms with Crippen molar-refractivity contribution >= 4 is 0 Å². The fourth-order valence-corrected chi connectivity index (χ4v) is 2.19. The molecule has 0 unspecified atom stereocenters. The van der Waals surface area contributed by atoms with E-state index in [2.05, 4.69) is 22.4 Å². The van der Waals surface area contributed by atoms with E-state index in [-0.39, 0.29) is 0 Å². The van der Waals surface area contributed by atoms with Gasteiger partial charge in [0.2, 0.25) is 5.88 Å². The summed E-state index contributed by atoms with van der Waals surface area (Å²) in [6.07, 6.45) is 5.15. The average Bonchev–Trinajstić information content (AvgIpc) is 2.58. The van der Waals surface area contributed by atoms with Crippen molar-refractivity contribution in [1.82, 2.24) is 10.3 Å². The number of hydrogen-bond acceptors (Lipinski definition) is 4. The second kappa shape index (κ2) is 9.79. The van der Waals surface area contributed by atoms with E-state index in [1.54, 1.807) is 13.3 Å². The average molecular weight is 300 g/mol. The topological polar surface area (TPSA) is 43.4 Å². The first-order valence-electron chi connectivity index (χ1n) is 7.76. The Morgan fingerprint density at radius 3 is 2.82 bits per heavy atom. The van der Waals surface area contributed by atoms with Gasteiger partial charge >= 0.3 is 0 Å². The molecule has 1 N–H and O–H groups in total. The van der Waals surface area contributed by atoms with Gasteiger partial charge in [0.15, 0.2) is 0 Å². The molecule has 4 nitrogen and oxygen atoms in total. The predicted octanol–water partition coefficient (Wildman–Crippen LogP) is 3.08. The molecular weight excluding hydrogens is 276 g/mol. The molecule has 0 atom stereocenters. The molecule has 0 amide bonds. The van der Waals surface area contributed by atoms with Crippen LogP contribution in [0.4, 0.5) is 0 Å². The molecule has 0 saturated heterocycles. The number of hydrogen-bond donors (Lipinski definition) is 1. The van der Waals surface area contributed by atoms with Crippen LogP contribution in [0.25, 0.3) is 0 Å². The molecule has 2 aromatic rings. The third-order valence-corrected chi connectivity index (χ3v) is 3.37. The van der Waals surface area contributed by atoms with E-state index in [9.17, 15) is 0 Å². The Labute approximate surface area is 132 Å². The van der Waals surface area contributed by atoms with Gasteiger partial charge in [0.1, 0.15) is 12.4 Å². The van der Waals surface area contributed by atoms with Crippen molar-refractivity contribution in [3.05, 3.63) is 54.2 Å². The van der Waals surface area contributed by atoms with Gasteiger partial charge in [-0.1, -0.05) is 18.2 Å². The SMILES string of the molecule is COc1cccc(CCCCNCCOc2ccccn2)c1. The summed E-state index contributed by atoms with van der Waals surface area (Å²) >= 11 is 0. The van der Waals surface area contributed by atoms with Crippen molar-refractivity contribution in [2.24, 2.45) is 0 Å². The van der Waals surface area contributed by atoms with Crippen LogP contribution in [0.1, 0.15) is 18.4 Å². The van der Waals surface area contributed by atoms with E-state index in [1.807, 2.05) is 30.3 Å². The summed E-state index contributed by atoms with van der Waals surface area (Å²) in [7, 11) is 1.70. The highest BCUT2D eigenvalue weighted by molar-refractivity contribution is 5.28. The number of nitrogens with zero attached hydrogens (tertiary/aromatic N) is 1. The zero-order valence-electron chi connectivity index (χ0n) is 13.1. The molecule has 0 saturated carbocycles. The minimum atomic E-state index is 0.646. The number of pyridine rings is 1. The van der Waals surface area contributed by atoms with E-state index in [1.165, 1.54) is 12.0 Å². The highest BCUT2D eigenvalue weighted by Gasteiger charge is 1.97. The van der Waals surface area contributed by atoms with Gasteiger partial charge in [-0.05, 0) is 49.6 Å². The number of methoxy groups -OCH3 is 1. The zero-order valence-corrected chi connectivity index (χ0v) is 13.1. The van der Waals surface area contributed by atoms with Gasteiger partial charge in [0, 0.05) is 18.8 Å². The Hall–Kier alpha value is -2.07. The van der Waals surface area contributed by atoms with Gasteiger partial charge in [-0.15, -0.1) is 0 Å². The van der Waals surface area contributed by atoms with Crippen LogP contribution in [0, 0.1) is 0 Å². The molecule has 0 aliphatic heterocycles. The molecule has 0 radical (unpaired) electrons. The number of aromatic nitrogens is 1. The third kappa shape index (κ3) is 6.14. The number of aryl methyl sites for hydroxylation is 1. The summed E-state index contributed by atoms with van der Waals surface area (Å²) in [4.78, 5) is 4.11. The predicted molar refractivity (Wildman–Crippen MR) is 88.5 cm³/mol. The first-order valence-corrected chi connectivity index (χ1v) is 7.76. The molecule has 22 heavy (non-hydrogen) atoms. The van der Waals surface area contributed by atoms with E-state index in [0.717, 1.165) is 31.7 Å². The van der Waals surface area contributed by atoms with Gasteiger partial charge in [-0.3, -0.25) is 0 Å². The van der Waals surface area contributed by atoms with Crippen molar-refractivity contribution in [3.8, 4) is 11.6 Å². The Morgan fingerprint density at radius 1 is 1.05 bits per heavy atom. The van der Waals surface area contributed by atoms with Crippen LogP contribution in [0.3, 0.4) is 0 Å². The molecule has 1 aromatic carbocycles. The number of unbranched alkanes of at least 4 members (excludes halogenated alkanes) is 1. The van der Waals surface area contributed by atoms with Gasteiger partial charge in [0.25, 0.3) is 0 Å². The highest BCUT2D eigenvalue weighted by Crippen LogP contribution is 2.14. The lowest BCUT2D eigenvalue weighted by atomic mass is 10.1. The third-order valence-electron chi connectivity index (χ3n) is 3.37. The lowest BCUT2D eigenvalue weighted by Gasteiger charge is -2.07. The van der Waals surface area contributed by atoms with Crippen molar-refractivity contribution < 1.29 is 9.47 Å². The van der Waals surface area contributed by atoms with Crippen molar-refractivity contribution in [2.45, 2.75) is 19.3 Å². The standard InChI is InChI=1S/C18H24N2O2/c1-21-17-9-6-8-16(15-17)7-2-4-11-19-13-14-22-18-10-3-5-12-20-18/h3,5-6,8-10,12,15,19H,2,4,7,11,13-14H2,1H3. The summed E-state index contributed by atoms with van der Waals surface area (Å²) in [6.45, 7) is 2.50. The number of nitrogens with one attached hydrogen (secondary N) is 1. The number of rotatable bonds is 10. The van der Waals surface area contributed by atoms with Crippen LogP contribution < -0.4 is 14.8 Å². The van der Waals surface area contributed by atoms with E-state index in [0.29, 0.717) is 12.5 Å². The van der Waals surface area contributed by atoms with Crippen molar-refractivity contribution in [1.29, 1.82) is 0 Å². The van der Waals surface area contributed by atoms with Crippen LogP contribution >= 0.6 is 0 Å². The molecule has 118 valence electrons. The summed E-state index contributed by atoms with van der Waals surface area (Å²) < 4.78 is 10.8. The molecule has 0 aliphatic carbocycles. The van der Waals surface area contributed by atoms with Crippen LogP contribution in [-0.2, 0) is 6.42 Å². The Bertz CT molecular complexity index is 532. The normalized spacial score (nSPS) is 10.4. The summed E-state index contributed by atoms with van der Waals surface area (Å²) in [5.74, 6) is 1.62. The maximum Gasteiger partial charge on any atom is 0.213 e. The second-order valence-corrected chi connectivity index (χ2v) is 5.08. The van der Waals surface area contributed by atoms with Crippen LogP contribution in [0.2, 0.25) is 0 Å². The Kier molecular flexibility index (Phi) is 7.26. The molecule has 0 bridgehead atoms. The van der Waals surface area contributed by atoms with E-state index >= 15 is 0 Å². The summed E-state index contributed by atoms with van der Waals surface area (Å²) in [5, 5.41) is 3.39. The fourth-order valence-electron chi connectivity index (χ4n) is 2.19. The molecule has 0 fully saturated rings. The largest absolute Gasteiger partial charge is 0.497 e. The van der Waals surface area contributed by atoms with Crippen molar-refractivity contribution in [3.63, 3.8) is 0 Å². The minimum absolute atomic E-state index is 0.646. The van der Waals surface area contributed by atoms with E-state index < -0.39 is 0 Å². The maximum absolute atomic E-state index is 5.52. The van der Waals surface area contributed by atoms with Crippen LogP contribution in [-0.4, -0.2) is 31.8 Å². The highest BCUT2D eigenvalue weighted by atomic mass is 16.5. The van der Waals surface area contributed by atoms with Crippen LogP contribution in [0.5, 0.6) is 11.6 Å². The summed E-state index contributed by atoms with van der Waals surface area (Å²) in [5.41, 5.74) is 1.33. The molecule has 4 heteroatoms. The zero-order chi connectivity index (χ0) is 15.5. The number of ether oxygens (including phenoxy) is 2. The van der Waals surface area contributed by atoms with Gasteiger partial charge in [-0.2, -0.15) is 0 Å². The number of benzene rings is 1. The molecule has 0 aliphatic rings. The molecule has 1 heterocycles. The Morgan fingerprint density at radius 2 is 2.00 bits per heavy atom. The quantitative estimate of drug-likeness (QED) is 0.685. The Balaban J connectivity index is 1.49.